The van der Waals surface area contributed by atoms with Gasteiger partial charge >= 0.3 is 1.43 Å². The number of rotatable bonds is 0. The van der Waals surface area contributed by atoms with Gasteiger partial charge in [0.1, 0.15) is 11.4 Å². The van der Waals surface area contributed by atoms with Crippen LogP contribution in [0.15, 0.2) is 29.3 Å². The van der Waals surface area contributed by atoms with E-state index in [0.29, 0.717) is 0 Å². The third-order valence-corrected chi connectivity index (χ3v) is 1.33. The molecule has 2 heteroatoms. The summed E-state index contributed by atoms with van der Waals surface area (Å²) < 4.78 is 5.15. The predicted molar refractivity (Wildman–Crippen MR) is 40.6 cm³/mol. The Kier molecular flexibility index (Phi) is 1.17. The Morgan fingerprint density at radius 2 is 2.20 bits per heavy atom. The van der Waals surface area contributed by atoms with Crippen LogP contribution in [0.3, 0.4) is 0 Å². The van der Waals surface area contributed by atoms with Crippen LogP contribution in [0.5, 0.6) is 5.75 Å². The van der Waals surface area contributed by atoms with Gasteiger partial charge in [-0.25, -0.2) is 0 Å². The summed E-state index contributed by atoms with van der Waals surface area (Å²) >= 11 is 0. The minimum atomic E-state index is 0. The fourth-order valence-corrected chi connectivity index (χ4v) is 0.878. The smallest absolute Gasteiger partial charge is 0.478 e. The second-order valence-electron chi connectivity index (χ2n) is 2.00. The average molecular weight is 133 g/mol. The summed E-state index contributed by atoms with van der Waals surface area (Å²) in [6, 6.07) is 7.67. The summed E-state index contributed by atoms with van der Waals surface area (Å²) in [6.07, 6.45) is 1.64. The monoisotopic (exact) mass is 133 g/mol. The second-order valence-corrected chi connectivity index (χ2v) is 2.00. The highest BCUT2D eigenvalue weighted by Crippen LogP contribution is 2.28. The Hall–Kier alpha value is -1.31. The summed E-state index contributed by atoms with van der Waals surface area (Å²) in [4.78, 5) is 4.09. The summed E-state index contributed by atoms with van der Waals surface area (Å²) in [6.45, 7) is 1.57. The van der Waals surface area contributed by atoms with E-state index in [1.165, 1.54) is 0 Å². The molecule has 2 rings (SSSR count). The number of ether oxygens (including phenoxy) is 1. The van der Waals surface area contributed by atoms with Crippen molar-refractivity contribution in [2.45, 2.75) is 0 Å². The molecule has 0 saturated heterocycles. The van der Waals surface area contributed by atoms with Crippen LogP contribution in [0.4, 0.5) is 5.69 Å². The summed E-state index contributed by atoms with van der Waals surface area (Å²) in [5.41, 5.74) is 0.894. The molecule has 0 N–H and O–H groups in total. The van der Waals surface area contributed by atoms with Crippen molar-refractivity contribution in [1.82, 2.24) is 0 Å². The van der Waals surface area contributed by atoms with Crippen molar-refractivity contribution in [3.8, 4) is 5.75 Å². The van der Waals surface area contributed by atoms with Crippen molar-refractivity contribution >= 4 is 11.9 Å². The highest BCUT2D eigenvalue weighted by molar-refractivity contribution is 5.75. The lowest BCUT2D eigenvalue weighted by Crippen LogP contribution is -1.95. The molecule has 1 aliphatic heterocycles. The lowest BCUT2D eigenvalue weighted by Gasteiger charge is -2.08. The van der Waals surface area contributed by atoms with Crippen molar-refractivity contribution in [2.75, 3.05) is 0 Å². The van der Waals surface area contributed by atoms with E-state index >= 15 is 0 Å². The largest absolute Gasteiger partial charge is 1.00 e. The van der Waals surface area contributed by atoms with Crippen molar-refractivity contribution < 1.29 is 6.16 Å². The Bertz CT molecular complexity index is 273. The molecule has 1 radical (unpaired) electrons. The van der Waals surface area contributed by atoms with Crippen LogP contribution in [0, 0.1) is 6.61 Å². The highest BCUT2D eigenvalue weighted by atomic mass is 16.5. The van der Waals surface area contributed by atoms with Crippen LogP contribution >= 0.6 is 0 Å². The van der Waals surface area contributed by atoms with E-state index in [2.05, 4.69) is 4.99 Å². The number of para-hydroxylation sites is 2. The summed E-state index contributed by atoms with van der Waals surface area (Å²) in [5.74, 6) is 0.824. The lowest BCUT2D eigenvalue weighted by atomic mass is 10.3. The van der Waals surface area contributed by atoms with Crippen LogP contribution in [0.25, 0.3) is 0 Å². The molecule has 1 aliphatic rings. The fourth-order valence-electron chi connectivity index (χ4n) is 0.878. The van der Waals surface area contributed by atoms with Gasteiger partial charge in [0.15, 0.2) is 6.61 Å². The van der Waals surface area contributed by atoms with Gasteiger partial charge in [0, 0.05) is 6.21 Å². The third kappa shape index (κ3) is 0.778. The molecule has 0 bridgehead atoms. The molecule has 0 aromatic heterocycles. The Balaban J connectivity index is 0.000000605. The van der Waals surface area contributed by atoms with Gasteiger partial charge in [-0.3, -0.25) is 4.99 Å². The zero-order valence-electron chi connectivity index (χ0n) is 6.32. The lowest BCUT2D eigenvalue weighted by molar-refractivity contribution is 0.444. The maximum Gasteiger partial charge on any atom is 1.00 e. The molecule has 0 saturated carbocycles. The van der Waals surface area contributed by atoms with Crippen molar-refractivity contribution in [3.63, 3.8) is 0 Å². The van der Waals surface area contributed by atoms with E-state index < -0.39 is 0 Å². The van der Waals surface area contributed by atoms with Crippen LogP contribution in [-0.4, -0.2) is 6.21 Å². The number of fused-ring (bicyclic) bond motifs is 1. The normalized spacial score (nSPS) is 14.0. The number of nitrogens with zero attached hydrogens (tertiary/aromatic N) is 1. The Morgan fingerprint density at radius 1 is 1.30 bits per heavy atom. The van der Waals surface area contributed by atoms with Gasteiger partial charge < -0.3 is 4.74 Å². The van der Waals surface area contributed by atoms with Crippen LogP contribution in [-0.2, 0) is 0 Å². The molecule has 1 aromatic carbocycles. The number of hydrogen-bond donors (Lipinski definition) is 0. The second kappa shape index (κ2) is 2.14. The molecule has 1 aromatic rings. The molecule has 0 amide bonds. The molecule has 1 heterocycles. The molecular formula is C8H7NO+. The van der Waals surface area contributed by atoms with E-state index in [1.54, 1.807) is 12.8 Å². The van der Waals surface area contributed by atoms with Crippen LogP contribution < -0.4 is 4.74 Å². The number of hydrogen-bond acceptors (Lipinski definition) is 2. The topological polar surface area (TPSA) is 21.6 Å². The fraction of sp³-hybridized carbons (Fsp3) is 0. The summed E-state index contributed by atoms with van der Waals surface area (Å²) in [7, 11) is 0. The van der Waals surface area contributed by atoms with Gasteiger partial charge in [-0.05, 0) is 12.1 Å². The number of benzene rings is 1. The molecule has 0 unspecified atom stereocenters. The zero-order chi connectivity index (χ0) is 6.81. The molecule has 10 heavy (non-hydrogen) atoms. The molecular weight excluding hydrogens is 126 g/mol. The van der Waals surface area contributed by atoms with Gasteiger partial charge in [0.25, 0.3) is 0 Å². The minimum Gasteiger partial charge on any atom is -0.478 e. The maximum atomic E-state index is 5.15. The molecule has 0 fully saturated rings. The zero-order valence-corrected chi connectivity index (χ0v) is 5.32. The standard InChI is InChI=1S/C8H6NO/c1-2-4-8-7(3-1)9-5-6-10-8/h1-6H/p+1. The Morgan fingerprint density at radius 3 is 3.10 bits per heavy atom. The first kappa shape index (κ1) is 5.47. The van der Waals surface area contributed by atoms with Gasteiger partial charge in [0.05, 0.1) is 0 Å². The molecule has 0 spiro atoms. The Labute approximate surface area is 60.6 Å². The predicted octanol–water partition coefficient (Wildman–Crippen LogP) is 2.06. The van der Waals surface area contributed by atoms with Crippen molar-refractivity contribution in [3.05, 3.63) is 30.9 Å². The van der Waals surface area contributed by atoms with Crippen molar-refractivity contribution in [2.24, 2.45) is 4.99 Å². The summed E-state index contributed by atoms with van der Waals surface area (Å²) in [5, 5.41) is 0. The molecule has 0 atom stereocenters. The van der Waals surface area contributed by atoms with Gasteiger partial charge in [-0.15, -0.1) is 0 Å². The average Bonchev–Trinajstić information content (AvgIpc) is 2.05. The van der Waals surface area contributed by atoms with E-state index in [9.17, 15) is 0 Å². The van der Waals surface area contributed by atoms with E-state index in [1.807, 2.05) is 24.3 Å². The first-order valence-electron chi connectivity index (χ1n) is 3.08. The maximum absolute atomic E-state index is 5.15. The molecule has 0 aliphatic carbocycles. The van der Waals surface area contributed by atoms with Gasteiger partial charge in [0.2, 0.25) is 0 Å². The van der Waals surface area contributed by atoms with Crippen molar-refractivity contribution in [1.29, 1.82) is 0 Å². The molecule has 2 nitrogen and oxygen atoms in total. The van der Waals surface area contributed by atoms with Gasteiger partial charge in [-0.2, -0.15) is 0 Å². The first-order valence-corrected chi connectivity index (χ1v) is 3.08. The minimum absolute atomic E-state index is 0. The third-order valence-electron chi connectivity index (χ3n) is 1.33. The van der Waals surface area contributed by atoms with E-state index in [4.69, 9.17) is 4.74 Å². The molecule has 49 valence electrons. The van der Waals surface area contributed by atoms with E-state index in [0.717, 1.165) is 11.4 Å². The SMILES string of the molecule is [CH]1C=Nc2ccccc2O1.[H+]. The van der Waals surface area contributed by atoms with Gasteiger partial charge in [-0.1, -0.05) is 12.1 Å². The highest BCUT2D eigenvalue weighted by Gasteiger charge is 2.03. The quantitative estimate of drug-likeness (QED) is 0.530. The number of aliphatic imine (C=N–C) groups is 1. The first-order chi connectivity index (χ1) is 4.97. The van der Waals surface area contributed by atoms with E-state index in [-0.39, 0.29) is 1.43 Å². The van der Waals surface area contributed by atoms with Crippen LogP contribution in [0.1, 0.15) is 1.43 Å². The van der Waals surface area contributed by atoms with Crippen LogP contribution in [0.2, 0.25) is 0 Å².